The van der Waals surface area contributed by atoms with E-state index < -0.39 is 78.9 Å². The second-order valence-electron chi connectivity index (χ2n) is 12.8. The van der Waals surface area contributed by atoms with Crippen LogP contribution >= 0.6 is 0 Å². The number of nitrogens with zero attached hydrogens (tertiary/aromatic N) is 1. The lowest BCUT2D eigenvalue weighted by Gasteiger charge is -2.57. The number of ether oxygens (including phenoxy) is 7. The summed E-state index contributed by atoms with van der Waals surface area (Å²) in [5.74, 6) is -2.29. The minimum atomic E-state index is -1.58. The second kappa shape index (κ2) is 12.5. The first-order chi connectivity index (χ1) is 22.4. The van der Waals surface area contributed by atoms with Crippen molar-refractivity contribution in [3.8, 4) is 11.5 Å². The van der Waals surface area contributed by atoms with E-state index in [1.165, 1.54) is 5.56 Å². The lowest BCUT2D eigenvalue weighted by atomic mass is 9.53. The molecular weight excluding hydrogens is 616 g/mol. The Labute approximate surface area is 271 Å². The number of benzene rings is 1. The van der Waals surface area contributed by atoms with Crippen LogP contribution in [0.4, 0.5) is 0 Å². The van der Waals surface area contributed by atoms with E-state index in [0.29, 0.717) is 11.5 Å². The summed E-state index contributed by atoms with van der Waals surface area (Å²) in [7, 11) is 4.86. The van der Waals surface area contributed by atoms with Crippen LogP contribution in [0.25, 0.3) is 0 Å². The van der Waals surface area contributed by atoms with E-state index in [1.807, 2.05) is 12.1 Å². The fraction of sp³-hybridized carbons (Fsp3) is 0.606. The summed E-state index contributed by atoms with van der Waals surface area (Å²) >= 11 is 0. The van der Waals surface area contributed by atoms with Crippen molar-refractivity contribution < 1.29 is 57.1 Å². The van der Waals surface area contributed by atoms with E-state index in [0.717, 1.165) is 52.8 Å². The molecule has 1 aromatic rings. The van der Waals surface area contributed by atoms with Gasteiger partial charge in [0.2, 0.25) is 5.91 Å². The predicted molar refractivity (Wildman–Crippen MR) is 160 cm³/mol. The molecule has 10 atom stereocenters. The maximum absolute atomic E-state index is 13.9. The molecule has 47 heavy (non-hydrogen) atoms. The number of nitrogens with one attached hydrogen (secondary N) is 1. The second-order valence-corrected chi connectivity index (χ2v) is 12.8. The number of carbonyl (C=O) groups is 5. The molecule has 2 unspecified atom stereocenters. The molecule has 1 spiro atoms. The summed E-state index contributed by atoms with van der Waals surface area (Å²) in [6.45, 7) is 4.21. The molecule has 14 nitrogen and oxygen atoms in total. The zero-order chi connectivity index (χ0) is 33.8. The van der Waals surface area contributed by atoms with Crippen molar-refractivity contribution in [1.82, 2.24) is 10.2 Å². The van der Waals surface area contributed by atoms with Gasteiger partial charge in [-0.25, -0.2) is 4.79 Å². The normalized spacial score (nSPS) is 34.6. The van der Waals surface area contributed by atoms with Crippen molar-refractivity contribution in [1.29, 1.82) is 0 Å². The number of carbonyl (C=O) groups excluding carboxylic acids is 5. The van der Waals surface area contributed by atoms with Gasteiger partial charge in [-0.1, -0.05) is 18.2 Å². The molecule has 3 heterocycles. The van der Waals surface area contributed by atoms with Gasteiger partial charge < -0.3 is 43.4 Å². The van der Waals surface area contributed by atoms with Gasteiger partial charge in [-0.3, -0.25) is 19.2 Å². The van der Waals surface area contributed by atoms with Crippen molar-refractivity contribution in [3.63, 3.8) is 0 Å². The third-order valence-electron chi connectivity index (χ3n) is 10.1. The molecule has 5 aliphatic rings. The lowest BCUT2D eigenvalue weighted by Crippen LogP contribution is -2.67. The number of hydrogen-bond acceptors (Lipinski definition) is 13. The maximum Gasteiger partial charge on any atom is 0.339 e. The van der Waals surface area contributed by atoms with Gasteiger partial charge in [-0.15, -0.1) is 0 Å². The van der Waals surface area contributed by atoms with Crippen molar-refractivity contribution in [2.75, 3.05) is 27.8 Å². The van der Waals surface area contributed by atoms with Gasteiger partial charge in [0.1, 0.15) is 12.2 Å². The SMILES string of the molecule is COC(=O)[C@H]1OC(CC(=O)N[C@@H]2C=CC3[C@H]4Cc5ccc(OC)c6c5[C@@]3(CCN4C)[C@H]2O6)[C@H](OC(C)=O)[C@@H](OC(C)=O)[C@@H]1OC(C)=O. The number of likely N-dealkylation sites (N-methyl/N-ethyl adjacent to an activating group) is 1. The Kier molecular flexibility index (Phi) is 8.68. The zero-order valence-electron chi connectivity index (χ0n) is 27.2. The Balaban J connectivity index is 1.30. The molecule has 2 fully saturated rings. The van der Waals surface area contributed by atoms with Crippen LogP contribution in [0.15, 0.2) is 24.3 Å². The molecule has 2 saturated heterocycles. The average molecular weight is 657 g/mol. The Morgan fingerprint density at radius 2 is 1.64 bits per heavy atom. The molecular formula is C33H40N2O12. The summed E-state index contributed by atoms with van der Waals surface area (Å²) in [5.41, 5.74) is 1.98. The summed E-state index contributed by atoms with van der Waals surface area (Å²) in [5, 5.41) is 3.08. The molecule has 0 aromatic heterocycles. The summed E-state index contributed by atoms with van der Waals surface area (Å²) in [6.07, 6.45) is -2.24. The number of esters is 4. The first kappa shape index (κ1) is 32.8. The Morgan fingerprint density at radius 1 is 0.957 bits per heavy atom. The summed E-state index contributed by atoms with van der Waals surface area (Å²) < 4.78 is 39.5. The molecule has 2 bridgehead atoms. The molecule has 2 aliphatic carbocycles. The zero-order valence-corrected chi connectivity index (χ0v) is 27.2. The quantitative estimate of drug-likeness (QED) is 0.237. The van der Waals surface area contributed by atoms with Crippen molar-refractivity contribution in [3.05, 3.63) is 35.4 Å². The minimum Gasteiger partial charge on any atom is -0.493 e. The van der Waals surface area contributed by atoms with Gasteiger partial charge in [-0.2, -0.15) is 0 Å². The monoisotopic (exact) mass is 656 g/mol. The number of likely N-dealkylation sites (tertiary alicyclic amines) is 1. The van der Waals surface area contributed by atoms with Gasteiger partial charge in [0.15, 0.2) is 35.9 Å². The number of piperidine rings is 1. The van der Waals surface area contributed by atoms with Gasteiger partial charge in [-0.05, 0) is 38.1 Å². The molecule has 3 aliphatic heterocycles. The lowest BCUT2D eigenvalue weighted by molar-refractivity contribution is -0.248. The molecule has 0 radical (unpaired) electrons. The van der Waals surface area contributed by atoms with E-state index in [4.69, 9.17) is 33.2 Å². The third-order valence-corrected chi connectivity index (χ3v) is 10.1. The van der Waals surface area contributed by atoms with E-state index in [2.05, 4.69) is 29.4 Å². The molecule has 254 valence electrons. The van der Waals surface area contributed by atoms with E-state index in [1.54, 1.807) is 7.11 Å². The number of hydrogen-bond donors (Lipinski definition) is 1. The van der Waals surface area contributed by atoms with Crippen LogP contribution in [-0.4, -0.2) is 111 Å². The molecule has 1 aromatic carbocycles. The van der Waals surface area contributed by atoms with Crippen molar-refractivity contribution in [2.45, 2.75) is 94.2 Å². The topological polar surface area (TPSA) is 165 Å². The number of amides is 1. The Hall–Kier alpha value is -4.17. The summed E-state index contributed by atoms with van der Waals surface area (Å²) in [6, 6.07) is 3.76. The molecule has 0 saturated carbocycles. The van der Waals surface area contributed by atoms with Crippen molar-refractivity contribution >= 4 is 29.8 Å². The maximum atomic E-state index is 13.9. The first-order valence-corrected chi connectivity index (χ1v) is 15.7. The van der Waals surface area contributed by atoms with Crippen LogP contribution in [0.2, 0.25) is 0 Å². The van der Waals surface area contributed by atoms with Crippen LogP contribution < -0.4 is 14.8 Å². The fourth-order valence-electron chi connectivity index (χ4n) is 8.33. The smallest absolute Gasteiger partial charge is 0.339 e. The van der Waals surface area contributed by atoms with E-state index >= 15 is 0 Å². The first-order valence-electron chi connectivity index (χ1n) is 15.7. The highest BCUT2D eigenvalue weighted by Gasteiger charge is 2.64. The predicted octanol–water partition coefficient (Wildman–Crippen LogP) is 0.751. The average Bonchev–Trinajstić information content (AvgIpc) is 3.37. The van der Waals surface area contributed by atoms with E-state index in [-0.39, 0.29) is 17.4 Å². The molecule has 6 rings (SSSR count). The summed E-state index contributed by atoms with van der Waals surface area (Å²) in [4.78, 5) is 65.4. The van der Waals surface area contributed by atoms with Crippen LogP contribution in [0.1, 0.15) is 44.7 Å². The number of rotatable bonds is 8. The van der Waals surface area contributed by atoms with Crippen LogP contribution in [0, 0.1) is 5.92 Å². The third kappa shape index (κ3) is 5.50. The number of methoxy groups -OCH3 is 2. The minimum absolute atomic E-state index is 0.166. The van der Waals surface area contributed by atoms with Crippen molar-refractivity contribution in [2.24, 2.45) is 5.92 Å². The Morgan fingerprint density at radius 3 is 2.30 bits per heavy atom. The van der Waals surface area contributed by atoms with Crippen LogP contribution in [0.5, 0.6) is 11.5 Å². The molecule has 14 heteroatoms. The largest absolute Gasteiger partial charge is 0.493 e. The Bertz CT molecular complexity index is 1510. The molecule has 1 amide bonds. The highest BCUT2D eigenvalue weighted by atomic mass is 16.7. The fourth-order valence-corrected chi connectivity index (χ4v) is 8.33. The van der Waals surface area contributed by atoms with E-state index in [9.17, 15) is 24.0 Å². The highest BCUT2D eigenvalue weighted by molar-refractivity contribution is 5.79. The van der Waals surface area contributed by atoms with Crippen LogP contribution in [-0.2, 0) is 59.5 Å². The van der Waals surface area contributed by atoms with Gasteiger partial charge in [0.05, 0.1) is 26.7 Å². The van der Waals surface area contributed by atoms with Crippen LogP contribution in [0.3, 0.4) is 0 Å². The standard InChI is InChI=1S/C33H40N2O12/c1-15(36)43-27-23(46-30(32(40)42-6)29(45-17(3)38)28(27)44-16(2)37)14-24(39)34-20-9-8-19-21-13-18-7-10-22(41-5)26-25(18)33(19,31(20)47-26)11-12-35(21)4/h7-10,19-21,23,27-31H,11-14H2,1-6H3,(H,34,39)/t19?,20-,21-,23?,27+,28-,29+,30+,31+,33+/m1/s1. The highest BCUT2D eigenvalue weighted by Crippen LogP contribution is 2.62. The van der Waals surface area contributed by atoms with Gasteiger partial charge in [0, 0.05) is 43.7 Å². The van der Waals surface area contributed by atoms with Gasteiger partial charge >= 0.3 is 23.9 Å². The van der Waals surface area contributed by atoms with Gasteiger partial charge in [0.25, 0.3) is 0 Å². The molecule has 1 N–H and O–H groups in total.